The Morgan fingerprint density at radius 2 is 2.15 bits per heavy atom. The van der Waals surface area contributed by atoms with Crippen molar-refractivity contribution in [1.29, 1.82) is 0 Å². The molecular weight excluding hydrogens is 261 g/mol. The Balaban J connectivity index is 2.23. The third-order valence-corrected chi connectivity index (χ3v) is 2.47. The van der Waals surface area contributed by atoms with Crippen molar-refractivity contribution in [2.24, 2.45) is 0 Å². The number of pyridine rings is 1. The zero-order valence-corrected chi connectivity index (χ0v) is 10.7. The highest BCUT2D eigenvalue weighted by atomic mass is 19.1. The van der Waals surface area contributed by atoms with Gasteiger partial charge in [0.25, 0.3) is 0 Å². The second-order valence-corrected chi connectivity index (χ2v) is 4.16. The standard InChI is InChI=1S/C15H12FNO3/c1-10-2-4-13(16)14(6-10)20-12-7-11(8-17-9-12)3-5-15(18)19/h2-9H,1H3,(H,18,19)/b5-3+. The average Bonchev–Trinajstić information content (AvgIpc) is 2.41. The molecule has 1 N–H and O–H groups in total. The van der Waals surface area contributed by atoms with E-state index in [4.69, 9.17) is 9.84 Å². The molecule has 0 bridgehead atoms. The Hall–Kier alpha value is -2.69. The second-order valence-electron chi connectivity index (χ2n) is 4.16. The highest BCUT2D eigenvalue weighted by molar-refractivity contribution is 5.85. The van der Waals surface area contributed by atoms with Crippen LogP contribution in [0.3, 0.4) is 0 Å². The van der Waals surface area contributed by atoms with Crippen LogP contribution in [0.2, 0.25) is 0 Å². The third-order valence-electron chi connectivity index (χ3n) is 2.47. The zero-order valence-electron chi connectivity index (χ0n) is 10.7. The first kappa shape index (κ1) is 13.7. The van der Waals surface area contributed by atoms with Gasteiger partial charge >= 0.3 is 5.97 Å². The Bertz CT molecular complexity index is 668. The van der Waals surface area contributed by atoms with Crippen molar-refractivity contribution < 1.29 is 19.0 Å². The summed E-state index contributed by atoms with van der Waals surface area (Å²) in [6.07, 6.45) is 5.29. The molecule has 2 aromatic rings. The Morgan fingerprint density at radius 1 is 1.35 bits per heavy atom. The summed E-state index contributed by atoms with van der Waals surface area (Å²) in [5.74, 6) is -1.09. The number of carbonyl (C=O) groups is 1. The number of nitrogens with zero attached hydrogens (tertiary/aromatic N) is 1. The van der Waals surface area contributed by atoms with Crippen LogP contribution in [0.1, 0.15) is 11.1 Å². The molecule has 0 unspecified atom stereocenters. The van der Waals surface area contributed by atoms with Gasteiger partial charge in [0.2, 0.25) is 0 Å². The van der Waals surface area contributed by atoms with Gasteiger partial charge in [0.05, 0.1) is 6.20 Å². The molecule has 0 aliphatic rings. The van der Waals surface area contributed by atoms with E-state index in [1.165, 1.54) is 24.5 Å². The van der Waals surface area contributed by atoms with Crippen molar-refractivity contribution in [3.63, 3.8) is 0 Å². The van der Waals surface area contributed by atoms with Crippen molar-refractivity contribution in [3.8, 4) is 11.5 Å². The summed E-state index contributed by atoms with van der Waals surface area (Å²) in [6.45, 7) is 1.83. The molecule has 0 fully saturated rings. The average molecular weight is 273 g/mol. The molecule has 1 aromatic carbocycles. The van der Waals surface area contributed by atoms with E-state index in [0.29, 0.717) is 11.3 Å². The maximum absolute atomic E-state index is 13.6. The van der Waals surface area contributed by atoms with Gasteiger partial charge in [-0.05, 0) is 42.3 Å². The highest BCUT2D eigenvalue weighted by Crippen LogP contribution is 2.25. The molecule has 102 valence electrons. The molecule has 1 aromatic heterocycles. The monoisotopic (exact) mass is 273 g/mol. The number of aliphatic carboxylic acids is 1. The number of rotatable bonds is 4. The maximum atomic E-state index is 13.6. The predicted octanol–water partition coefficient (Wildman–Crippen LogP) is 3.42. The van der Waals surface area contributed by atoms with Crippen LogP contribution in [-0.4, -0.2) is 16.1 Å². The summed E-state index contributed by atoms with van der Waals surface area (Å²) in [7, 11) is 0. The van der Waals surface area contributed by atoms with E-state index in [1.807, 2.05) is 6.92 Å². The van der Waals surface area contributed by atoms with Crippen LogP contribution in [-0.2, 0) is 4.79 Å². The van der Waals surface area contributed by atoms with E-state index in [1.54, 1.807) is 18.2 Å². The van der Waals surface area contributed by atoms with E-state index in [0.717, 1.165) is 11.6 Å². The first-order valence-corrected chi connectivity index (χ1v) is 5.84. The molecule has 0 amide bonds. The van der Waals surface area contributed by atoms with Crippen LogP contribution in [0.4, 0.5) is 4.39 Å². The first-order chi connectivity index (χ1) is 9.54. The minimum absolute atomic E-state index is 0.103. The molecule has 0 radical (unpaired) electrons. The topological polar surface area (TPSA) is 59.4 Å². The van der Waals surface area contributed by atoms with Crippen molar-refractivity contribution >= 4 is 12.0 Å². The second kappa shape index (κ2) is 5.97. The Labute approximate surface area is 115 Å². The summed E-state index contributed by atoms with van der Waals surface area (Å²) in [5, 5.41) is 8.56. The molecule has 1 heterocycles. The highest BCUT2D eigenvalue weighted by Gasteiger charge is 2.05. The molecule has 2 rings (SSSR count). The zero-order chi connectivity index (χ0) is 14.5. The van der Waals surface area contributed by atoms with Crippen LogP contribution < -0.4 is 4.74 Å². The number of hydrogen-bond acceptors (Lipinski definition) is 3. The van der Waals surface area contributed by atoms with E-state index >= 15 is 0 Å². The van der Waals surface area contributed by atoms with Gasteiger partial charge in [-0.1, -0.05) is 6.07 Å². The van der Waals surface area contributed by atoms with E-state index in [-0.39, 0.29) is 5.75 Å². The SMILES string of the molecule is Cc1ccc(F)c(Oc2cncc(/C=C/C(=O)O)c2)c1. The first-order valence-electron chi connectivity index (χ1n) is 5.84. The van der Waals surface area contributed by atoms with Gasteiger partial charge in [-0.2, -0.15) is 0 Å². The van der Waals surface area contributed by atoms with Gasteiger partial charge in [0.1, 0.15) is 5.75 Å². The molecule has 0 aliphatic heterocycles. The van der Waals surface area contributed by atoms with Crippen molar-refractivity contribution in [2.75, 3.05) is 0 Å². The largest absolute Gasteiger partial charge is 0.478 e. The number of ether oxygens (including phenoxy) is 1. The summed E-state index contributed by atoms with van der Waals surface area (Å²) in [5.41, 5.74) is 1.43. The minimum Gasteiger partial charge on any atom is -0.478 e. The summed E-state index contributed by atoms with van der Waals surface area (Å²) >= 11 is 0. The van der Waals surface area contributed by atoms with Gasteiger partial charge < -0.3 is 9.84 Å². The van der Waals surface area contributed by atoms with Gasteiger partial charge in [-0.15, -0.1) is 0 Å². The van der Waals surface area contributed by atoms with Crippen molar-refractivity contribution in [1.82, 2.24) is 4.98 Å². The number of aryl methyl sites for hydroxylation is 1. The number of hydrogen-bond donors (Lipinski definition) is 1. The summed E-state index contributed by atoms with van der Waals surface area (Å²) < 4.78 is 19.0. The molecule has 0 spiro atoms. The molecule has 0 aliphatic carbocycles. The van der Waals surface area contributed by atoms with Crippen LogP contribution in [0.15, 0.2) is 42.7 Å². The van der Waals surface area contributed by atoms with Gasteiger partial charge in [0, 0.05) is 12.3 Å². The van der Waals surface area contributed by atoms with Crippen molar-refractivity contribution in [2.45, 2.75) is 6.92 Å². The molecule has 4 nitrogen and oxygen atoms in total. The van der Waals surface area contributed by atoms with E-state index < -0.39 is 11.8 Å². The fourth-order valence-electron chi connectivity index (χ4n) is 1.57. The number of benzene rings is 1. The fraction of sp³-hybridized carbons (Fsp3) is 0.0667. The molecule has 0 atom stereocenters. The maximum Gasteiger partial charge on any atom is 0.328 e. The molecular formula is C15H12FNO3. The molecule has 5 heteroatoms. The lowest BCUT2D eigenvalue weighted by molar-refractivity contribution is -0.131. The predicted molar refractivity (Wildman–Crippen MR) is 72.1 cm³/mol. The van der Waals surface area contributed by atoms with Crippen LogP contribution in [0.25, 0.3) is 6.08 Å². The number of carboxylic acids is 1. The lowest BCUT2D eigenvalue weighted by Gasteiger charge is -2.07. The van der Waals surface area contributed by atoms with Crippen LogP contribution >= 0.6 is 0 Å². The third kappa shape index (κ3) is 3.65. The van der Waals surface area contributed by atoms with E-state index in [9.17, 15) is 9.18 Å². The van der Waals surface area contributed by atoms with Gasteiger partial charge in [-0.3, -0.25) is 4.98 Å². The minimum atomic E-state index is -1.05. The normalized spacial score (nSPS) is 10.7. The van der Waals surface area contributed by atoms with Gasteiger partial charge in [0.15, 0.2) is 11.6 Å². The lowest BCUT2D eigenvalue weighted by Crippen LogP contribution is -1.91. The number of aromatic nitrogens is 1. The molecule has 0 saturated carbocycles. The van der Waals surface area contributed by atoms with E-state index in [2.05, 4.69) is 4.98 Å². The van der Waals surface area contributed by atoms with Crippen molar-refractivity contribution in [3.05, 3.63) is 59.7 Å². The Morgan fingerprint density at radius 3 is 2.90 bits per heavy atom. The summed E-state index contributed by atoms with van der Waals surface area (Å²) in [4.78, 5) is 14.4. The Kier molecular flexibility index (Phi) is 4.10. The smallest absolute Gasteiger partial charge is 0.328 e. The lowest BCUT2D eigenvalue weighted by atomic mass is 10.2. The molecule has 0 saturated heterocycles. The fourth-order valence-corrected chi connectivity index (χ4v) is 1.57. The number of carboxylic acid groups (broad SMARTS) is 1. The molecule has 20 heavy (non-hydrogen) atoms. The van der Waals surface area contributed by atoms with Crippen LogP contribution in [0, 0.1) is 12.7 Å². The summed E-state index contributed by atoms with van der Waals surface area (Å²) in [6, 6.07) is 6.13. The number of halogens is 1. The van der Waals surface area contributed by atoms with Gasteiger partial charge in [-0.25, -0.2) is 9.18 Å². The quantitative estimate of drug-likeness (QED) is 0.867. The van der Waals surface area contributed by atoms with Crippen LogP contribution in [0.5, 0.6) is 11.5 Å².